The van der Waals surface area contributed by atoms with Crippen LogP contribution in [0, 0.1) is 5.41 Å². The molecule has 1 heterocycles. The number of ether oxygens (including phenoxy) is 1. The number of hydrogen-bond acceptors (Lipinski definition) is 5. The summed E-state index contributed by atoms with van der Waals surface area (Å²) in [6.07, 6.45) is 0. The Hall–Kier alpha value is -2.41. The maximum Gasteiger partial charge on any atom is 0.341 e. The van der Waals surface area contributed by atoms with E-state index in [2.05, 4.69) is 10.3 Å². The van der Waals surface area contributed by atoms with E-state index in [4.69, 9.17) is 9.84 Å². The third kappa shape index (κ3) is 4.79. The summed E-state index contributed by atoms with van der Waals surface area (Å²) >= 11 is 1.36. The summed E-state index contributed by atoms with van der Waals surface area (Å²) in [5, 5.41) is 13.8. The van der Waals surface area contributed by atoms with E-state index in [1.165, 1.54) is 11.3 Å². The number of thiazole rings is 1. The summed E-state index contributed by atoms with van der Waals surface area (Å²) in [5.41, 5.74) is 1.12. The van der Waals surface area contributed by atoms with Gasteiger partial charge >= 0.3 is 5.97 Å². The number of aliphatic carboxylic acids is 1. The Bertz CT molecular complexity index is 702. The van der Waals surface area contributed by atoms with Gasteiger partial charge in [0.2, 0.25) is 5.91 Å². The monoisotopic (exact) mass is 334 g/mol. The van der Waals surface area contributed by atoms with Gasteiger partial charge in [-0.2, -0.15) is 0 Å². The zero-order valence-corrected chi connectivity index (χ0v) is 13.9. The maximum atomic E-state index is 11.9. The van der Waals surface area contributed by atoms with Crippen LogP contribution in [0.2, 0.25) is 0 Å². The molecule has 1 aromatic carbocycles. The minimum Gasteiger partial charge on any atom is -0.482 e. The van der Waals surface area contributed by atoms with E-state index in [1.807, 2.05) is 26.2 Å². The fourth-order valence-corrected chi connectivity index (χ4v) is 2.33. The van der Waals surface area contributed by atoms with Gasteiger partial charge in [-0.05, 0) is 24.3 Å². The summed E-state index contributed by atoms with van der Waals surface area (Å²) in [6.45, 7) is 5.14. The molecule has 0 radical (unpaired) electrons. The van der Waals surface area contributed by atoms with Crippen molar-refractivity contribution in [1.29, 1.82) is 0 Å². The van der Waals surface area contributed by atoms with Gasteiger partial charge in [0, 0.05) is 16.4 Å². The Morgan fingerprint density at radius 2 is 1.91 bits per heavy atom. The van der Waals surface area contributed by atoms with Crippen LogP contribution in [0.15, 0.2) is 29.6 Å². The lowest BCUT2D eigenvalue weighted by atomic mass is 9.96. The number of anilines is 1. The van der Waals surface area contributed by atoms with Crippen molar-refractivity contribution in [2.24, 2.45) is 5.41 Å². The summed E-state index contributed by atoms with van der Waals surface area (Å²) < 4.78 is 5.08. The predicted molar refractivity (Wildman–Crippen MR) is 88.8 cm³/mol. The minimum absolute atomic E-state index is 0.0872. The first kappa shape index (κ1) is 17.0. The average molecular weight is 334 g/mol. The minimum atomic E-state index is -1.02. The smallest absolute Gasteiger partial charge is 0.341 e. The molecule has 122 valence electrons. The molecule has 0 saturated heterocycles. The second-order valence-electron chi connectivity index (χ2n) is 5.95. The number of nitrogens with zero attached hydrogens (tertiary/aromatic N) is 1. The summed E-state index contributed by atoms with van der Waals surface area (Å²) in [6, 6.07) is 6.96. The Balaban J connectivity index is 2.05. The van der Waals surface area contributed by atoms with Gasteiger partial charge in [-0.25, -0.2) is 9.78 Å². The molecule has 0 aliphatic carbocycles. The van der Waals surface area contributed by atoms with Crippen molar-refractivity contribution < 1.29 is 19.4 Å². The van der Waals surface area contributed by atoms with Gasteiger partial charge in [-0.15, -0.1) is 11.3 Å². The van der Waals surface area contributed by atoms with Crippen LogP contribution in [-0.2, 0) is 9.59 Å². The molecule has 0 aliphatic heterocycles. The van der Waals surface area contributed by atoms with Crippen molar-refractivity contribution in [3.05, 3.63) is 29.6 Å². The molecular formula is C16H18N2O4S. The van der Waals surface area contributed by atoms with Gasteiger partial charge in [-0.1, -0.05) is 20.8 Å². The number of carboxylic acid groups (broad SMARTS) is 1. The van der Waals surface area contributed by atoms with E-state index in [9.17, 15) is 9.59 Å². The highest BCUT2D eigenvalue weighted by Gasteiger charge is 2.22. The number of nitrogens with one attached hydrogen (secondary N) is 1. The van der Waals surface area contributed by atoms with Crippen molar-refractivity contribution in [1.82, 2.24) is 4.98 Å². The van der Waals surface area contributed by atoms with Gasteiger partial charge in [0.15, 0.2) is 11.7 Å². The molecule has 23 heavy (non-hydrogen) atoms. The standard InChI is InChI=1S/C16H18N2O4S/c1-16(2,3)14(21)18-15-17-12(9-23-15)10-4-6-11(7-5-10)22-8-13(19)20/h4-7,9H,8H2,1-3H3,(H,19,20)(H,17,18,21). The number of carbonyl (C=O) groups is 2. The predicted octanol–water partition coefficient (Wildman–Crippen LogP) is 3.26. The van der Waals surface area contributed by atoms with Gasteiger partial charge < -0.3 is 15.2 Å². The van der Waals surface area contributed by atoms with Gasteiger partial charge in [0.1, 0.15) is 5.75 Å². The number of hydrogen-bond donors (Lipinski definition) is 2. The number of amides is 1. The van der Waals surface area contributed by atoms with Crippen LogP contribution in [0.25, 0.3) is 11.3 Å². The maximum absolute atomic E-state index is 11.9. The molecule has 0 fully saturated rings. The first-order chi connectivity index (χ1) is 10.8. The lowest BCUT2D eigenvalue weighted by molar-refractivity contribution is -0.139. The topological polar surface area (TPSA) is 88.5 Å². The third-order valence-corrected chi connectivity index (χ3v) is 3.68. The lowest BCUT2D eigenvalue weighted by Crippen LogP contribution is -2.27. The summed E-state index contributed by atoms with van der Waals surface area (Å²) in [5.74, 6) is -0.628. The SMILES string of the molecule is CC(C)(C)C(=O)Nc1nc(-c2ccc(OCC(=O)O)cc2)cs1. The zero-order chi connectivity index (χ0) is 17.0. The molecule has 0 bridgehead atoms. The molecule has 2 aromatic rings. The fourth-order valence-electron chi connectivity index (χ4n) is 1.62. The molecule has 0 saturated carbocycles. The Labute approximate surface area is 138 Å². The molecule has 7 heteroatoms. The van der Waals surface area contributed by atoms with E-state index in [-0.39, 0.29) is 12.5 Å². The highest BCUT2D eigenvalue weighted by atomic mass is 32.1. The number of carbonyl (C=O) groups excluding carboxylic acids is 1. The number of aromatic nitrogens is 1. The first-order valence-electron chi connectivity index (χ1n) is 6.98. The largest absolute Gasteiger partial charge is 0.482 e. The second kappa shape index (κ2) is 6.78. The summed E-state index contributed by atoms with van der Waals surface area (Å²) in [4.78, 5) is 26.8. The first-order valence-corrected chi connectivity index (χ1v) is 7.85. The van der Waals surface area contributed by atoms with Crippen LogP contribution in [-0.4, -0.2) is 28.6 Å². The molecule has 1 amide bonds. The van der Waals surface area contributed by atoms with Crippen LogP contribution in [0.1, 0.15) is 20.8 Å². The van der Waals surface area contributed by atoms with Crippen molar-refractivity contribution in [3.8, 4) is 17.0 Å². The number of carboxylic acids is 1. The quantitative estimate of drug-likeness (QED) is 0.876. The lowest BCUT2D eigenvalue weighted by Gasteiger charge is -2.15. The number of rotatable bonds is 5. The van der Waals surface area contributed by atoms with Crippen LogP contribution in [0.4, 0.5) is 5.13 Å². The molecule has 0 unspecified atom stereocenters. The molecule has 2 N–H and O–H groups in total. The van der Waals surface area contributed by atoms with Crippen LogP contribution >= 0.6 is 11.3 Å². The Kier molecular flexibility index (Phi) is 5.00. The van der Waals surface area contributed by atoms with E-state index in [1.54, 1.807) is 24.3 Å². The van der Waals surface area contributed by atoms with Crippen LogP contribution in [0.3, 0.4) is 0 Å². The Morgan fingerprint density at radius 1 is 1.26 bits per heavy atom. The van der Waals surface area contributed by atoms with E-state index in [0.717, 1.165) is 11.3 Å². The van der Waals surface area contributed by atoms with E-state index in [0.29, 0.717) is 10.9 Å². The normalized spacial score (nSPS) is 11.1. The molecule has 0 spiro atoms. The zero-order valence-electron chi connectivity index (χ0n) is 13.1. The van der Waals surface area contributed by atoms with Gasteiger partial charge in [0.25, 0.3) is 0 Å². The molecule has 1 aromatic heterocycles. The van der Waals surface area contributed by atoms with Crippen LogP contribution in [0.5, 0.6) is 5.75 Å². The molecule has 6 nitrogen and oxygen atoms in total. The molecule has 0 aliphatic rings. The van der Waals surface area contributed by atoms with Gasteiger partial charge in [-0.3, -0.25) is 4.79 Å². The average Bonchev–Trinajstić information content (AvgIpc) is 2.93. The Morgan fingerprint density at radius 3 is 2.48 bits per heavy atom. The fraction of sp³-hybridized carbons (Fsp3) is 0.312. The third-order valence-electron chi connectivity index (χ3n) is 2.92. The van der Waals surface area contributed by atoms with Crippen LogP contribution < -0.4 is 10.1 Å². The highest BCUT2D eigenvalue weighted by molar-refractivity contribution is 7.14. The molecule has 0 atom stereocenters. The van der Waals surface area contributed by atoms with Crippen molar-refractivity contribution >= 4 is 28.3 Å². The van der Waals surface area contributed by atoms with Crippen molar-refractivity contribution in [3.63, 3.8) is 0 Å². The second-order valence-corrected chi connectivity index (χ2v) is 6.81. The van der Waals surface area contributed by atoms with Gasteiger partial charge in [0.05, 0.1) is 5.69 Å². The number of benzene rings is 1. The molecule has 2 rings (SSSR count). The van der Waals surface area contributed by atoms with E-state index < -0.39 is 11.4 Å². The molecular weight excluding hydrogens is 316 g/mol. The van der Waals surface area contributed by atoms with E-state index >= 15 is 0 Å². The van der Waals surface area contributed by atoms with Crippen molar-refractivity contribution in [2.75, 3.05) is 11.9 Å². The highest BCUT2D eigenvalue weighted by Crippen LogP contribution is 2.27. The summed E-state index contributed by atoms with van der Waals surface area (Å²) in [7, 11) is 0. The van der Waals surface area contributed by atoms with Crippen molar-refractivity contribution in [2.45, 2.75) is 20.8 Å².